The Kier molecular flexibility index (Phi) is 5.51. The standard InChI is InChI=1S/C19H16ClF3N2O3/c1-28-16-7-6-12(20)9-15(16)25-10-11(8-17(25)26)18(27)24-14-5-3-2-4-13(14)19(21,22)23/h2-7,9,11H,8,10H2,1H3,(H,24,27)/t11-/m1/s1. The molecule has 9 heteroatoms. The number of ether oxygens (including phenoxy) is 1. The molecule has 1 N–H and O–H groups in total. The van der Waals surface area contributed by atoms with Crippen molar-refractivity contribution >= 4 is 34.8 Å². The van der Waals surface area contributed by atoms with E-state index in [4.69, 9.17) is 16.3 Å². The Hall–Kier alpha value is -2.74. The molecule has 0 bridgehead atoms. The number of anilines is 2. The quantitative estimate of drug-likeness (QED) is 0.811. The highest BCUT2D eigenvalue weighted by atomic mass is 35.5. The smallest absolute Gasteiger partial charge is 0.418 e. The maximum atomic E-state index is 13.1. The molecule has 1 aliphatic rings. The third-order valence-electron chi connectivity index (χ3n) is 4.42. The molecule has 1 aliphatic heterocycles. The van der Waals surface area contributed by atoms with E-state index in [1.54, 1.807) is 12.1 Å². The van der Waals surface area contributed by atoms with Crippen molar-refractivity contribution in [3.05, 3.63) is 53.1 Å². The predicted octanol–water partition coefficient (Wildman–Crippen LogP) is 4.36. The first-order valence-electron chi connectivity index (χ1n) is 8.31. The number of carbonyl (C=O) groups excluding carboxylic acids is 2. The highest BCUT2D eigenvalue weighted by Gasteiger charge is 2.38. The second-order valence-corrected chi connectivity index (χ2v) is 6.69. The number of nitrogens with one attached hydrogen (secondary N) is 1. The summed E-state index contributed by atoms with van der Waals surface area (Å²) in [6, 6.07) is 9.43. The third-order valence-corrected chi connectivity index (χ3v) is 4.65. The van der Waals surface area contributed by atoms with E-state index in [1.807, 2.05) is 0 Å². The minimum atomic E-state index is -4.60. The number of halogens is 4. The van der Waals surface area contributed by atoms with Crippen LogP contribution in [0.2, 0.25) is 5.02 Å². The fraction of sp³-hybridized carbons (Fsp3) is 0.263. The lowest BCUT2D eigenvalue weighted by atomic mass is 10.1. The summed E-state index contributed by atoms with van der Waals surface area (Å²) in [5.74, 6) is -1.41. The van der Waals surface area contributed by atoms with Gasteiger partial charge in [0.25, 0.3) is 0 Å². The number of nitrogens with zero attached hydrogens (tertiary/aromatic N) is 1. The molecule has 28 heavy (non-hydrogen) atoms. The van der Waals surface area contributed by atoms with Crippen molar-refractivity contribution in [3.8, 4) is 5.75 Å². The van der Waals surface area contributed by atoms with Gasteiger partial charge >= 0.3 is 6.18 Å². The van der Waals surface area contributed by atoms with Crippen molar-refractivity contribution in [3.63, 3.8) is 0 Å². The van der Waals surface area contributed by atoms with Crippen LogP contribution in [-0.2, 0) is 15.8 Å². The first-order chi connectivity index (χ1) is 13.2. The van der Waals surface area contributed by atoms with Crippen molar-refractivity contribution < 1.29 is 27.5 Å². The number of hydrogen-bond acceptors (Lipinski definition) is 3. The molecule has 0 saturated carbocycles. The molecule has 1 atom stereocenters. The fourth-order valence-electron chi connectivity index (χ4n) is 3.06. The van der Waals surface area contributed by atoms with Gasteiger partial charge in [0.15, 0.2) is 0 Å². The van der Waals surface area contributed by atoms with Crippen LogP contribution in [0.15, 0.2) is 42.5 Å². The summed E-state index contributed by atoms with van der Waals surface area (Å²) in [5.41, 5.74) is -0.877. The van der Waals surface area contributed by atoms with E-state index in [-0.39, 0.29) is 24.6 Å². The molecule has 2 amide bonds. The van der Waals surface area contributed by atoms with E-state index in [1.165, 1.54) is 36.3 Å². The Morgan fingerprint density at radius 1 is 1.25 bits per heavy atom. The summed E-state index contributed by atoms with van der Waals surface area (Å²) in [4.78, 5) is 26.3. The predicted molar refractivity (Wildman–Crippen MR) is 98.5 cm³/mol. The van der Waals surface area contributed by atoms with E-state index >= 15 is 0 Å². The largest absolute Gasteiger partial charge is 0.495 e. The van der Waals surface area contributed by atoms with Crippen LogP contribution in [0.25, 0.3) is 0 Å². The molecule has 0 radical (unpaired) electrons. The first kappa shape index (κ1) is 20.0. The third kappa shape index (κ3) is 4.06. The van der Waals surface area contributed by atoms with Crippen LogP contribution < -0.4 is 15.0 Å². The van der Waals surface area contributed by atoms with Crippen LogP contribution in [-0.4, -0.2) is 25.5 Å². The van der Waals surface area contributed by atoms with Gasteiger partial charge in [-0.2, -0.15) is 13.2 Å². The molecule has 0 unspecified atom stereocenters. The number of hydrogen-bond donors (Lipinski definition) is 1. The van der Waals surface area contributed by atoms with Gasteiger partial charge in [0.05, 0.1) is 30.0 Å². The highest BCUT2D eigenvalue weighted by Crippen LogP contribution is 2.37. The van der Waals surface area contributed by atoms with Crippen molar-refractivity contribution in [1.82, 2.24) is 0 Å². The molecule has 3 rings (SSSR count). The Bertz CT molecular complexity index is 918. The molecule has 5 nitrogen and oxygen atoms in total. The molecular formula is C19H16ClF3N2O3. The average Bonchev–Trinajstić information content (AvgIpc) is 3.03. The second kappa shape index (κ2) is 7.71. The Balaban J connectivity index is 1.80. The van der Waals surface area contributed by atoms with Gasteiger partial charge in [-0.25, -0.2) is 0 Å². The van der Waals surface area contributed by atoms with Gasteiger partial charge in [0.2, 0.25) is 11.8 Å². The number of para-hydroxylation sites is 1. The van der Waals surface area contributed by atoms with Gasteiger partial charge in [-0.05, 0) is 30.3 Å². The zero-order valence-electron chi connectivity index (χ0n) is 14.7. The zero-order valence-corrected chi connectivity index (χ0v) is 15.5. The molecule has 1 heterocycles. The molecule has 2 aromatic carbocycles. The molecule has 1 fully saturated rings. The van der Waals surface area contributed by atoms with Gasteiger partial charge < -0.3 is 15.0 Å². The number of alkyl halides is 3. The average molecular weight is 413 g/mol. The summed E-state index contributed by atoms with van der Waals surface area (Å²) in [6.07, 6.45) is -4.73. The van der Waals surface area contributed by atoms with Gasteiger partial charge in [-0.3, -0.25) is 9.59 Å². The number of carbonyl (C=O) groups is 2. The van der Waals surface area contributed by atoms with E-state index < -0.39 is 23.6 Å². The van der Waals surface area contributed by atoms with Crippen LogP contribution in [0.4, 0.5) is 24.5 Å². The summed E-state index contributed by atoms with van der Waals surface area (Å²) in [7, 11) is 1.44. The lowest BCUT2D eigenvalue weighted by Gasteiger charge is -2.20. The van der Waals surface area contributed by atoms with Crippen LogP contribution in [0.1, 0.15) is 12.0 Å². The molecular weight excluding hydrogens is 397 g/mol. The molecule has 148 valence electrons. The van der Waals surface area contributed by atoms with Gasteiger partial charge in [0.1, 0.15) is 5.75 Å². The van der Waals surface area contributed by atoms with Gasteiger partial charge in [-0.15, -0.1) is 0 Å². The topological polar surface area (TPSA) is 58.6 Å². The zero-order chi connectivity index (χ0) is 20.5. The van der Waals surface area contributed by atoms with Crippen LogP contribution in [0.3, 0.4) is 0 Å². The number of amides is 2. The van der Waals surface area contributed by atoms with Crippen LogP contribution in [0.5, 0.6) is 5.75 Å². The van der Waals surface area contributed by atoms with Gasteiger partial charge in [0, 0.05) is 18.0 Å². The first-order valence-corrected chi connectivity index (χ1v) is 8.69. The van der Waals surface area contributed by atoms with Crippen molar-refractivity contribution in [2.24, 2.45) is 5.92 Å². The molecule has 0 aliphatic carbocycles. The summed E-state index contributed by atoms with van der Waals surface area (Å²) >= 11 is 5.99. The summed E-state index contributed by atoms with van der Waals surface area (Å²) < 4.78 is 44.5. The number of benzene rings is 2. The van der Waals surface area contributed by atoms with E-state index in [0.717, 1.165) is 6.07 Å². The summed E-state index contributed by atoms with van der Waals surface area (Å²) in [5, 5.41) is 2.68. The normalized spacial score (nSPS) is 17.0. The highest BCUT2D eigenvalue weighted by molar-refractivity contribution is 6.31. The van der Waals surface area contributed by atoms with Crippen LogP contribution in [0, 0.1) is 5.92 Å². The Morgan fingerprint density at radius 3 is 2.64 bits per heavy atom. The molecule has 0 aromatic heterocycles. The minimum absolute atomic E-state index is 0.00948. The van der Waals surface area contributed by atoms with Crippen molar-refractivity contribution in [1.29, 1.82) is 0 Å². The van der Waals surface area contributed by atoms with Crippen LogP contribution >= 0.6 is 11.6 Å². The summed E-state index contributed by atoms with van der Waals surface area (Å²) in [6.45, 7) is 0.00948. The van der Waals surface area contributed by atoms with E-state index in [0.29, 0.717) is 16.5 Å². The Labute approximate surface area is 164 Å². The van der Waals surface area contributed by atoms with Gasteiger partial charge in [-0.1, -0.05) is 23.7 Å². The second-order valence-electron chi connectivity index (χ2n) is 6.25. The lowest BCUT2D eigenvalue weighted by molar-refractivity contribution is -0.137. The maximum Gasteiger partial charge on any atom is 0.418 e. The Morgan fingerprint density at radius 2 is 1.96 bits per heavy atom. The van der Waals surface area contributed by atoms with E-state index in [9.17, 15) is 22.8 Å². The number of methoxy groups -OCH3 is 1. The maximum absolute atomic E-state index is 13.1. The number of rotatable bonds is 4. The fourth-order valence-corrected chi connectivity index (χ4v) is 3.23. The molecule has 1 saturated heterocycles. The SMILES string of the molecule is COc1ccc(Cl)cc1N1C[C@H](C(=O)Nc2ccccc2C(F)(F)F)CC1=O. The van der Waals surface area contributed by atoms with E-state index in [2.05, 4.69) is 5.32 Å². The monoisotopic (exact) mass is 412 g/mol. The van der Waals surface area contributed by atoms with Crippen molar-refractivity contribution in [2.45, 2.75) is 12.6 Å². The van der Waals surface area contributed by atoms with Crippen molar-refractivity contribution in [2.75, 3.05) is 23.9 Å². The molecule has 2 aromatic rings. The minimum Gasteiger partial charge on any atom is -0.495 e. The lowest BCUT2D eigenvalue weighted by Crippen LogP contribution is -2.29. The molecule has 0 spiro atoms.